The molecule has 0 spiro atoms. The van der Waals surface area contributed by atoms with Gasteiger partial charge >= 0.3 is 0 Å². The second kappa shape index (κ2) is 10.9. The van der Waals surface area contributed by atoms with E-state index in [0.717, 1.165) is 73.5 Å². The Balaban J connectivity index is 1.45. The molecule has 0 unspecified atom stereocenters. The van der Waals surface area contributed by atoms with Gasteiger partial charge in [-0.3, -0.25) is 0 Å². The summed E-state index contributed by atoms with van der Waals surface area (Å²) < 4.78 is 6.12. The van der Waals surface area contributed by atoms with Crippen LogP contribution in [0.25, 0.3) is 28.1 Å². The summed E-state index contributed by atoms with van der Waals surface area (Å²) in [5.41, 5.74) is 13.3. The highest BCUT2D eigenvalue weighted by Crippen LogP contribution is 2.32. The molecule has 4 N–H and O–H groups in total. The van der Waals surface area contributed by atoms with Crippen molar-refractivity contribution in [2.24, 2.45) is 11.7 Å². The fraction of sp³-hybridized carbons (Fsp3) is 0.357. The molecule has 34 heavy (non-hydrogen) atoms. The SMILES string of the molecule is NCc1ccc(-c2ncc(OCC3CCNCC3)nc2-c2ccc(C3=CCNCC3)cc2)cc1. The predicted molar refractivity (Wildman–Crippen MR) is 137 cm³/mol. The number of rotatable bonds is 7. The van der Waals surface area contributed by atoms with Crippen LogP contribution in [-0.4, -0.2) is 42.8 Å². The van der Waals surface area contributed by atoms with E-state index in [9.17, 15) is 0 Å². The highest BCUT2D eigenvalue weighted by Gasteiger charge is 2.17. The molecule has 0 aliphatic carbocycles. The van der Waals surface area contributed by atoms with Crippen molar-refractivity contribution in [3.8, 4) is 28.4 Å². The zero-order valence-electron chi connectivity index (χ0n) is 19.6. The van der Waals surface area contributed by atoms with E-state index in [2.05, 4.69) is 65.2 Å². The van der Waals surface area contributed by atoms with Gasteiger partial charge in [0.2, 0.25) is 5.88 Å². The molecule has 2 aliphatic heterocycles. The molecule has 0 atom stereocenters. The molecule has 0 amide bonds. The molecule has 2 aromatic carbocycles. The molecule has 0 saturated carbocycles. The van der Waals surface area contributed by atoms with Crippen LogP contribution in [0.15, 0.2) is 60.8 Å². The van der Waals surface area contributed by atoms with Gasteiger partial charge < -0.3 is 21.1 Å². The van der Waals surface area contributed by atoms with E-state index in [4.69, 9.17) is 20.4 Å². The molecule has 3 heterocycles. The maximum Gasteiger partial charge on any atom is 0.232 e. The first-order valence-electron chi connectivity index (χ1n) is 12.3. The van der Waals surface area contributed by atoms with Crippen LogP contribution in [0.1, 0.15) is 30.4 Å². The zero-order chi connectivity index (χ0) is 23.2. The summed E-state index contributed by atoms with van der Waals surface area (Å²) in [5.74, 6) is 1.15. The molecule has 1 aromatic heterocycles. The van der Waals surface area contributed by atoms with Gasteiger partial charge in [-0.1, -0.05) is 54.6 Å². The van der Waals surface area contributed by atoms with Crippen molar-refractivity contribution in [3.05, 3.63) is 71.9 Å². The molecular formula is C28H33N5O. The normalized spacial score (nSPS) is 16.8. The number of piperidine rings is 1. The molecule has 1 saturated heterocycles. The van der Waals surface area contributed by atoms with Gasteiger partial charge in [0, 0.05) is 24.2 Å². The third kappa shape index (κ3) is 5.36. The van der Waals surface area contributed by atoms with Crippen molar-refractivity contribution in [2.45, 2.75) is 25.8 Å². The van der Waals surface area contributed by atoms with Crippen LogP contribution >= 0.6 is 0 Å². The lowest BCUT2D eigenvalue weighted by Crippen LogP contribution is -2.30. The monoisotopic (exact) mass is 455 g/mol. The van der Waals surface area contributed by atoms with E-state index in [-0.39, 0.29) is 0 Å². The highest BCUT2D eigenvalue weighted by molar-refractivity contribution is 5.79. The first-order valence-corrected chi connectivity index (χ1v) is 12.3. The minimum atomic E-state index is 0.523. The maximum absolute atomic E-state index is 6.12. The second-order valence-corrected chi connectivity index (χ2v) is 9.07. The topological polar surface area (TPSA) is 85.1 Å². The van der Waals surface area contributed by atoms with Gasteiger partial charge in [-0.05, 0) is 61.5 Å². The number of ether oxygens (including phenoxy) is 1. The number of hydrogen-bond acceptors (Lipinski definition) is 6. The van der Waals surface area contributed by atoms with Crippen LogP contribution in [0.2, 0.25) is 0 Å². The first-order chi connectivity index (χ1) is 16.8. The largest absolute Gasteiger partial charge is 0.476 e. The zero-order valence-corrected chi connectivity index (χ0v) is 19.6. The van der Waals surface area contributed by atoms with Crippen LogP contribution in [0, 0.1) is 5.92 Å². The number of nitrogens with one attached hydrogen (secondary N) is 2. The molecule has 2 aliphatic rings. The summed E-state index contributed by atoms with van der Waals surface area (Å²) in [6.45, 7) is 5.28. The van der Waals surface area contributed by atoms with Crippen molar-refractivity contribution in [2.75, 3.05) is 32.8 Å². The maximum atomic E-state index is 6.12. The molecule has 1 fully saturated rings. The Kier molecular flexibility index (Phi) is 7.29. The second-order valence-electron chi connectivity index (χ2n) is 9.07. The van der Waals surface area contributed by atoms with Crippen LogP contribution in [-0.2, 0) is 6.54 Å². The van der Waals surface area contributed by atoms with Crippen molar-refractivity contribution in [1.29, 1.82) is 0 Å². The lowest BCUT2D eigenvalue weighted by molar-refractivity contribution is 0.208. The Labute approximate surface area is 201 Å². The molecule has 0 radical (unpaired) electrons. The van der Waals surface area contributed by atoms with Crippen molar-refractivity contribution < 1.29 is 4.74 Å². The van der Waals surface area contributed by atoms with Crippen molar-refractivity contribution in [1.82, 2.24) is 20.6 Å². The van der Waals surface area contributed by atoms with E-state index in [1.807, 2.05) is 0 Å². The van der Waals surface area contributed by atoms with E-state index in [1.54, 1.807) is 6.20 Å². The smallest absolute Gasteiger partial charge is 0.232 e. The number of aromatic nitrogens is 2. The molecule has 5 rings (SSSR count). The van der Waals surface area contributed by atoms with Gasteiger partial charge in [0.15, 0.2) is 0 Å². The Hall–Kier alpha value is -3.06. The van der Waals surface area contributed by atoms with Gasteiger partial charge in [0.05, 0.1) is 18.5 Å². The Bertz CT molecular complexity index is 1120. The summed E-state index contributed by atoms with van der Waals surface area (Å²) >= 11 is 0. The first kappa shape index (κ1) is 22.7. The lowest BCUT2D eigenvalue weighted by Gasteiger charge is -2.22. The summed E-state index contributed by atoms with van der Waals surface area (Å²) in [6.07, 6.45) is 7.36. The third-order valence-corrected chi connectivity index (χ3v) is 6.73. The van der Waals surface area contributed by atoms with Crippen LogP contribution in [0.4, 0.5) is 0 Å². The number of hydrogen-bond donors (Lipinski definition) is 3. The molecule has 6 heteroatoms. The van der Waals surface area contributed by atoms with E-state index in [1.165, 1.54) is 11.1 Å². The molecule has 6 nitrogen and oxygen atoms in total. The number of benzene rings is 2. The van der Waals surface area contributed by atoms with E-state index in [0.29, 0.717) is 24.9 Å². The van der Waals surface area contributed by atoms with Gasteiger partial charge in [-0.25, -0.2) is 9.97 Å². The van der Waals surface area contributed by atoms with Crippen LogP contribution in [0.3, 0.4) is 0 Å². The standard InChI is InChI=1S/C28H33N5O/c29-17-20-1-3-24(4-2-20)27-28(25-7-5-22(6-8-25)23-11-15-31-16-12-23)33-26(18-32-27)34-19-21-9-13-30-14-10-21/h1-8,11,18,21,30-31H,9-10,12-17,19,29H2. The van der Waals surface area contributed by atoms with Crippen molar-refractivity contribution >= 4 is 5.57 Å². The Morgan fingerprint density at radius 2 is 1.56 bits per heavy atom. The molecule has 176 valence electrons. The highest BCUT2D eigenvalue weighted by atomic mass is 16.5. The van der Waals surface area contributed by atoms with Crippen molar-refractivity contribution in [3.63, 3.8) is 0 Å². The van der Waals surface area contributed by atoms with E-state index >= 15 is 0 Å². The molecule has 3 aromatic rings. The molecular weight excluding hydrogens is 422 g/mol. The minimum Gasteiger partial charge on any atom is -0.476 e. The Morgan fingerprint density at radius 1 is 0.853 bits per heavy atom. The average molecular weight is 456 g/mol. The fourth-order valence-electron chi connectivity index (χ4n) is 4.63. The number of nitrogens with zero attached hydrogens (tertiary/aromatic N) is 2. The van der Waals surface area contributed by atoms with Crippen LogP contribution < -0.4 is 21.1 Å². The van der Waals surface area contributed by atoms with Gasteiger partial charge in [0.1, 0.15) is 5.69 Å². The summed E-state index contributed by atoms with van der Waals surface area (Å²) in [6, 6.07) is 16.9. The summed E-state index contributed by atoms with van der Waals surface area (Å²) in [7, 11) is 0. The Morgan fingerprint density at radius 3 is 2.26 bits per heavy atom. The average Bonchev–Trinajstić information content (AvgIpc) is 2.93. The number of nitrogens with two attached hydrogens (primary N) is 1. The van der Waals surface area contributed by atoms with E-state index < -0.39 is 0 Å². The predicted octanol–water partition coefficient (Wildman–Crippen LogP) is 4.02. The van der Waals surface area contributed by atoms with Gasteiger partial charge in [0.25, 0.3) is 0 Å². The quantitative estimate of drug-likeness (QED) is 0.499. The summed E-state index contributed by atoms with van der Waals surface area (Å²) in [4.78, 5) is 9.74. The third-order valence-electron chi connectivity index (χ3n) is 6.73. The summed E-state index contributed by atoms with van der Waals surface area (Å²) in [5, 5.41) is 6.78. The fourth-order valence-corrected chi connectivity index (χ4v) is 4.63. The van der Waals surface area contributed by atoms with Gasteiger partial charge in [-0.2, -0.15) is 0 Å². The van der Waals surface area contributed by atoms with Gasteiger partial charge in [-0.15, -0.1) is 0 Å². The molecule has 0 bridgehead atoms. The lowest BCUT2D eigenvalue weighted by atomic mass is 9.97. The van der Waals surface area contributed by atoms with Crippen LogP contribution in [0.5, 0.6) is 5.88 Å². The minimum absolute atomic E-state index is 0.523.